The summed E-state index contributed by atoms with van der Waals surface area (Å²) in [5.41, 5.74) is 2.21. The van der Waals surface area contributed by atoms with Crippen LogP contribution >= 0.6 is 0 Å². The Labute approximate surface area is 206 Å². The second-order valence-corrected chi connectivity index (χ2v) is 11.4. The molecule has 2 aromatic heterocycles. The van der Waals surface area contributed by atoms with Gasteiger partial charge in [-0.2, -0.15) is 8.42 Å². The third-order valence-corrected chi connectivity index (χ3v) is 7.37. The van der Waals surface area contributed by atoms with Crippen molar-refractivity contribution in [2.45, 2.75) is 51.2 Å². The van der Waals surface area contributed by atoms with Crippen molar-refractivity contribution in [3.05, 3.63) is 77.5 Å². The molecule has 1 fully saturated rings. The number of benzene rings is 1. The van der Waals surface area contributed by atoms with Crippen LogP contribution in [-0.4, -0.2) is 36.4 Å². The molecule has 184 valence electrons. The first-order valence-corrected chi connectivity index (χ1v) is 13.1. The van der Waals surface area contributed by atoms with Crippen molar-refractivity contribution in [1.29, 1.82) is 0 Å². The van der Waals surface area contributed by atoms with Gasteiger partial charge in [0.1, 0.15) is 11.6 Å². The Bertz CT molecular complexity index is 1340. The average molecular weight is 494 g/mol. The van der Waals surface area contributed by atoms with Crippen molar-refractivity contribution in [3.8, 4) is 0 Å². The molecule has 1 amide bonds. The molecule has 2 N–H and O–H groups in total. The number of carbonyl (C=O) groups is 1. The molecule has 0 aliphatic carbocycles. The van der Waals surface area contributed by atoms with Gasteiger partial charge in [0.25, 0.3) is 15.9 Å². The number of aryl methyl sites for hydroxylation is 1. The fourth-order valence-corrected chi connectivity index (χ4v) is 5.59. The second kappa shape index (κ2) is 9.65. The summed E-state index contributed by atoms with van der Waals surface area (Å²) >= 11 is 0. The molecule has 3 aromatic rings. The van der Waals surface area contributed by atoms with E-state index < -0.39 is 15.9 Å². The van der Waals surface area contributed by atoms with Crippen LogP contribution in [0.4, 0.5) is 11.6 Å². The van der Waals surface area contributed by atoms with Crippen molar-refractivity contribution in [3.63, 3.8) is 0 Å². The van der Waals surface area contributed by atoms with E-state index in [9.17, 15) is 13.2 Å². The molecule has 0 bridgehead atoms. The highest BCUT2D eigenvalue weighted by atomic mass is 32.2. The molecule has 8 nitrogen and oxygen atoms in total. The number of sulfonamides is 1. The number of rotatable bonds is 7. The molecule has 0 spiro atoms. The molecule has 1 aliphatic rings. The highest BCUT2D eigenvalue weighted by Crippen LogP contribution is 2.37. The van der Waals surface area contributed by atoms with E-state index >= 15 is 0 Å². The van der Waals surface area contributed by atoms with E-state index in [2.05, 4.69) is 45.7 Å². The minimum Gasteiger partial charge on any atom is -0.366 e. The maximum atomic E-state index is 13.1. The molecule has 35 heavy (non-hydrogen) atoms. The third-order valence-electron chi connectivity index (χ3n) is 6.14. The number of hydrogen-bond donors (Lipinski definition) is 2. The van der Waals surface area contributed by atoms with Gasteiger partial charge in [-0.15, -0.1) is 0 Å². The lowest BCUT2D eigenvalue weighted by Gasteiger charge is -2.33. The average Bonchev–Trinajstić information content (AvgIpc) is 3.09. The van der Waals surface area contributed by atoms with Gasteiger partial charge in [0.15, 0.2) is 5.03 Å². The predicted octanol–water partition coefficient (Wildman–Crippen LogP) is 4.14. The van der Waals surface area contributed by atoms with Gasteiger partial charge in [-0.05, 0) is 62.9 Å². The topological polar surface area (TPSA) is 104 Å². The van der Waals surface area contributed by atoms with Gasteiger partial charge in [0.05, 0.1) is 5.56 Å². The molecule has 1 saturated heterocycles. The molecule has 1 atom stereocenters. The standard InChI is InChI=1S/C26H31N5O3S/c1-18-8-5-9-20(14-18)16-28-22-11-6-12-23(29-22)35(33,34)30-25(32)21-10-7-13-27-24(21)31-17-19(2)15-26(31,3)4/h5-14,19H,15-17H2,1-4H3,(H,28,29)(H,30,32). The summed E-state index contributed by atoms with van der Waals surface area (Å²) in [6, 6.07) is 15.9. The molecule has 1 aliphatic heterocycles. The Morgan fingerprint density at radius 2 is 1.91 bits per heavy atom. The van der Waals surface area contributed by atoms with Crippen LogP contribution in [0.1, 0.15) is 48.7 Å². The molecule has 4 rings (SSSR count). The van der Waals surface area contributed by atoms with E-state index in [1.54, 1.807) is 30.5 Å². The van der Waals surface area contributed by atoms with Crippen LogP contribution in [-0.2, 0) is 16.6 Å². The fourth-order valence-electron chi connectivity index (χ4n) is 4.66. The fraction of sp³-hybridized carbons (Fsp3) is 0.346. The monoisotopic (exact) mass is 493 g/mol. The van der Waals surface area contributed by atoms with Crippen LogP contribution in [0.3, 0.4) is 0 Å². The normalized spacial score (nSPS) is 17.3. The third kappa shape index (κ3) is 5.62. The first-order valence-electron chi connectivity index (χ1n) is 11.6. The van der Waals surface area contributed by atoms with E-state index in [0.29, 0.717) is 24.1 Å². The summed E-state index contributed by atoms with van der Waals surface area (Å²) in [6.07, 6.45) is 2.57. The van der Waals surface area contributed by atoms with Gasteiger partial charge < -0.3 is 10.2 Å². The van der Waals surface area contributed by atoms with E-state index in [1.165, 1.54) is 6.07 Å². The van der Waals surface area contributed by atoms with Crippen LogP contribution in [0.25, 0.3) is 0 Å². The number of anilines is 2. The molecule has 9 heteroatoms. The zero-order valence-corrected chi connectivity index (χ0v) is 21.3. The first kappa shape index (κ1) is 24.7. The Kier molecular flexibility index (Phi) is 6.80. The number of hydrogen-bond acceptors (Lipinski definition) is 7. The van der Waals surface area contributed by atoms with Gasteiger partial charge in [0, 0.05) is 24.8 Å². The van der Waals surface area contributed by atoms with Crippen molar-refractivity contribution in [2.75, 3.05) is 16.8 Å². The molecule has 0 radical (unpaired) electrons. The van der Waals surface area contributed by atoms with Crippen LogP contribution in [0.15, 0.2) is 65.8 Å². The number of nitrogens with one attached hydrogen (secondary N) is 2. The number of aromatic nitrogens is 2. The number of nitrogens with zero attached hydrogens (tertiary/aromatic N) is 3. The van der Waals surface area contributed by atoms with E-state index in [4.69, 9.17) is 0 Å². The molecule has 1 unspecified atom stereocenters. The zero-order valence-electron chi connectivity index (χ0n) is 20.4. The number of pyridine rings is 2. The molecular weight excluding hydrogens is 462 g/mol. The van der Waals surface area contributed by atoms with Crippen molar-refractivity contribution in [1.82, 2.24) is 14.7 Å². The number of carbonyl (C=O) groups excluding carboxylic acids is 1. The summed E-state index contributed by atoms with van der Waals surface area (Å²) in [6.45, 7) is 9.60. The SMILES string of the molecule is Cc1cccc(CNc2cccc(S(=O)(=O)NC(=O)c3cccnc3N3CC(C)CC3(C)C)n2)c1. The summed E-state index contributed by atoms with van der Waals surface area (Å²) in [5, 5.41) is 2.90. The molecular formula is C26H31N5O3S. The highest BCUT2D eigenvalue weighted by Gasteiger charge is 2.39. The number of amides is 1. The molecule has 0 saturated carbocycles. The molecule has 3 heterocycles. The van der Waals surface area contributed by atoms with Crippen molar-refractivity contribution >= 4 is 27.6 Å². The lowest BCUT2D eigenvalue weighted by atomic mass is 9.97. The summed E-state index contributed by atoms with van der Waals surface area (Å²) in [4.78, 5) is 23.9. The summed E-state index contributed by atoms with van der Waals surface area (Å²) < 4.78 is 28.3. The second-order valence-electron chi connectivity index (χ2n) is 9.75. The summed E-state index contributed by atoms with van der Waals surface area (Å²) in [5.74, 6) is 0.585. The highest BCUT2D eigenvalue weighted by molar-refractivity contribution is 7.90. The van der Waals surface area contributed by atoms with Crippen LogP contribution in [0.2, 0.25) is 0 Å². The minimum absolute atomic E-state index is 0.194. The van der Waals surface area contributed by atoms with E-state index in [0.717, 1.165) is 24.1 Å². The van der Waals surface area contributed by atoms with E-state index in [1.807, 2.05) is 31.2 Å². The van der Waals surface area contributed by atoms with Crippen LogP contribution < -0.4 is 14.9 Å². The quantitative estimate of drug-likeness (QED) is 0.510. The predicted molar refractivity (Wildman–Crippen MR) is 137 cm³/mol. The maximum absolute atomic E-state index is 13.1. The Morgan fingerprint density at radius 1 is 1.14 bits per heavy atom. The van der Waals surface area contributed by atoms with Crippen molar-refractivity contribution in [2.24, 2.45) is 5.92 Å². The Hall–Kier alpha value is -3.46. The van der Waals surface area contributed by atoms with Crippen LogP contribution in [0.5, 0.6) is 0 Å². The Balaban J connectivity index is 1.52. The van der Waals surface area contributed by atoms with Gasteiger partial charge in [0.2, 0.25) is 0 Å². The van der Waals surface area contributed by atoms with Crippen LogP contribution in [0, 0.1) is 12.8 Å². The Morgan fingerprint density at radius 3 is 2.63 bits per heavy atom. The molecule has 1 aromatic carbocycles. The van der Waals surface area contributed by atoms with Crippen molar-refractivity contribution < 1.29 is 13.2 Å². The van der Waals surface area contributed by atoms with E-state index in [-0.39, 0.29) is 16.1 Å². The van der Waals surface area contributed by atoms with Gasteiger partial charge in [-0.25, -0.2) is 14.7 Å². The zero-order chi connectivity index (χ0) is 25.2. The minimum atomic E-state index is -4.20. The summed E-state index contributed by atoms with van der Waals surface area (Å²) in [7, 11) is -4.20. The first-order chi connectivity index (χ1) is 16.5. The van der Waals surface area contributed by atoms with Gasteiger partial charge in [-0.1, -0.05) is 42.8 Å². The lowest BCUT2D eigenvalue weighted by molar-refractivity contribution is 0.0981. The van der Waals surface area contributed by atoms with Gasteiger partial charge in [-0.3, -0.25) is 4.79 Å². The smallest absolute Gasteiger partial charge is 0.281 e. The maximum Gasteiger partial charge on any atom is 0.281 e. The largest absolute Gasteiger partial charge is 0.366 e. The van der Waals surface area contributed by atoms with Gasteiger partial charge >= 0.3 is 0 Å². The lowest BCUT2D eigenvalue weighted by Crippen LogP contribution is -2.41.